The lowest BCUT2D eigenvalue weighted by atomic mass is 10.1. The number of nitrogen functional groups attached to an aromatic ring is 1. The normalized spacial score (nSPS) is 11.0. The molecule has 0 amide bonds. The minimum Gasteiger partial charge on any atom is -0.465 e. The molecule has 0 saturated heterocycles. The van der Waals surface area contributed by atoms with Gasteiger partial charge < -0.3 is 19.8 Å². The van der Waals surface area contributed by atoms with E-state index < -0.39 is 0 Å². The van der Waals surface area contributed by atoms with E-state index in [0.717, 1.165) is 5.03 Å². The Labute approximate surface area is 149 Å². The fourth-order valence-corrected chi connectivity index (χ4v) is 2.77. The van der Waals surface area contributed by atoms with Crippen molar-refractivity contribution in [3.8, 4) is 0 Å². The van der Waals surface area contributed by atoms with Crippen molar-refractivity contribution < 1.29 is 19.1 Å². The molecule has 25 heavy (non-hydrogen) atoms. The van der Waals surface area contributed by atoms with Crippen LogP contribution >= 0.6 is 11.8 Å². The van der Waals surface area contributed by atoms with Gasteiger partial charge in [0, 0.05) is 26.3 Å². The lowest BCUT2D eigenvalue weighted by Crippen LogP contribution is -2.21. The molecule has 2 aromatic rings. The smallest absolute Gasteiger partial charge is 0.302 e. The van der Waals surface area contributed by atoms with E-state index >= 15 is 0 Å². The molecule has 10 heteroatoms. The van der Waals surface area contributed by atoms with Gasteiger partial charge in [-0.2, -0.15) is 4.98 Å². The second kappa shape index (κ2) is 8.65. The molecule has 0 aromatic carbocycles. The van der Waals surface area contributed by atoms with Crippen LogP contribution in [0.5, 0.6) is 0 Å². The summed E-state index contributed by atoms with van der Waals surface area (Å²) in [6.45, 7) is 3.62. The molecule has 0 bridgehead atoms. The molecule has 0 aliphatic carbocycles. The van der Waals surface area contributed by atoms with Gasteiger partial charge in [-0.1, -0.05) is 0 Å². The van der Waals surface area contributed by atoms with E-state index in [1.54, 1.807) is 6.33 Å². The van der Waals surface area contributed by atoms with Crippen molar-refractivity contribution in [3.63, 3.8) is 0 Å². The zero-order valence-electron chi connectivity index (χ0n) is 14.4. The highest BCUT2D eigenvalue weighted by molar-refractivity contribution is 7.98. The monoisotopic (exact) mass is 367 g/mol. The van der Waals surface area contributed by atoms with Crippen LogP contribution in [0.3, 0.4) is 0 Å². The van der Waals surface area contributed by atoms with Crippen LogP contribution in [0.1, 0.15) is 20.3 Å². The first kappa shape index (κ1) is 19.0. The number of hydrogen-bond donors (Lipinski definition) is 1. The van der Waals surface area contributed by atoms with Crippen LogP contribution in [0.15, 0.2) is 11.4 Å². The molecular weight excluding hydrogens is 346 g/mol. The Kier molecular flexibility index (Phi) is 6.57. The number of aryl methyl sites for hydroxylation is 1. The highest BCUT2D eigenvalue weighted by Crippen LogP contribution is 2.23. The quantitative estimate of drug-likeness (QED) is 0.417. The summed E-state index contributed by atoms with van der Waals surface area (Å²) in [5.74, 6) is -0.670. The van der Waals surface area contributed by atoms with E-state index in [4.69, 9.17) is 15.2 Å². The first-order valence-corrected chi connectivity index (χ1v) is 8.92. The zero-order valence-corrected chi connectivity index (χ0v) is 15.2. The van der Waals surface area contributed by atoms with Crippen molar-refractivity contribution in [2.75, 3.05) is 25.2 Å². The number of aromatic nitrogens is 4. The van der Waals surface area contributed by atoms with Crippen molar-refractivity contribution in [1.29, 1.82) is 0 Å². The number of nitrogens with two attached hydrogens (primary N) is 1. The minimum atomic E-state index is -0.369. The first-order chi connectivity index (χ1) is 11.9. The lowest BCUT2D eigenvalue weighted by molar-refractivity contribution is -0.146. The Hall–Kier alpha value is -2.36. The van der Waals surface area contributed by atoms with Gasteiger partial charge in [-0.05, 0) is 12.7 Å². The molecule has 0 unspecified atom stereocenters. The first-order valence-electron chi connectivity index (χ1n) is 7.69. The van der Waals surface area contributed by atoms with Crippen molar-refractivity contribution in [1.82, 2.24) is 19.5 Å². The van der Waals surface area contributed by atoms with Gasteiger partial charge in [0.2, 0.25) is 5.95 Å². The van der Waals surface area contributed by atoms with Crippen molar-refractivity contribution >= 4 is 40.8 Å². The van der Waals surface area contributed by atoms with Crippen LogP contribution in [0.25, 0.3) is 11.2 Å². The number of nitrogens with zero attached hydrogens (tertiary/aromatic N) is 4. The van der Waals surface area contributed by atoms with Gasteiger partial charge in [-0.3, -0.25) is 9.59 Å². The van der Waals surface area contributed by atoms with Gasteiger partial charge in [0.15, 0.2) is 5.65 Å². The van der Waals surface area contributed by atoms with Gasteiger partial charge >= 0.3 is 11.9 Å². The number of hydrogen-bond acceptors (Lipinski definition) is 9. The summed E-state index contributed by atoms with van der Waals surface area (Å²) in [5.41, 5.74) is 7.10. The molecule has 2 heterocycles. The maximum atomic E-state index is 11.0. The van der Waals surface area contributed by atoms with Crippen LogP contribution in [-0.4, -0.2) is 50.9 Å². The Morgan fingerprint density at radius 1 is 1.24 bits per heavy atom. The van der Waals surface area contributed by atoms with Crippen molar-refractivity contribution in [2.24, 2.45) is 5.92 Å². The van der Waals surface area contributed by atoms with Gasteiger partial charge in [0.1, 0.15) is 10.5 Å². The third-order valence-electron chi connectivity index (χ3n) is 3.47. The van der Waals surface area contributed by atoms with Gasteiger partial charge in [-0.25, -0.2) is 9.97 Å². The lowest BCUT2D eigenvalue weighted by Gasteiger charge is -2.16. The molecule has 2 aromatic heterocycles. The number of anilines is 1. The molecule has 0 saturated carbocycles. The van der Waals surface area contributed by atoms with Crippen molar-refractivity contribution in [2.45, 2.75) is 31.8 Å². The molecule has 2 N–H and O–H groups in total. The number of fused-ring (bicyclic) bond motifs is 1. The SMILES string of the molecule is CSc1nc(N)nc2c1ncn2CCC(COC(C)=O)COC(C)=O. The number of rotatable bonds is 8. The van der Waals surface area contributed by atoms with Crippen LogP contribution in [0.4, 0.5) is 5.95 Å². The summed E-state index contributed by atoms with van der Waals surface area (Å²) in [7, 11) is 0. The molecule has 136 valence electrons. The molecule has 0 radical (unpaired) electrons. The van der Waals surface area contributed by atoms with Gasteiger partial charge in [0.05, 0.1) is 19.5 Å². The van der Waals surface area contributed by atoms with E-state index in [-0.39, 0.29) is 37.0 Å². The summed E-state index contributed by atoms with van der Waals surface area (Å²) < 4.78 is 12.0. The molecule has 0 spiro atoms. The number of carbonyl (C=O) groups is 2. The second-order valence-electron chi connectivity index (χ2n) is 5.46. The molecule has 9 nitrogen and oxygen atoms in total. The highest BCUT2D eigenvalue weighted by atomic mass is 32.2. The summed E-state index contributed by atoms with van der Waals surface area (Å²) in [4.78, 5) is 34.8. The minimum absolute atomic E-state index is 0.121. The Balaban J connectivity index is 2.10. The van der Waals surface area contributed by atoms with E-state index in [1.807, 2.05) is 10.8 Å². The summed E-state index contributed by atoms with van der Waals surface area (Å²) in [5, 5.41) is 0.720. The third-order valence-corrected chi connectivity index (χ3v) is 4.14. The highest BCUT2D eigenvalue weighted by Gasteiger charge is 2.16. The standard InChI is InChI=1S/C15H21N5O4S/c1-9(21)23-6-11(7-24-10(2)22)4-5-20-8-17-12-13(20)18-15(16)19-14(12)25-3/h8,11H,4-7H2,1-3H3,(H2,16,18,19). The Morgan fingerprint density at radius 3 is 2.44 bits per heavy atom. The van der Waals surface area contributed by atoms with E-state index in [2.05, 4.69) is 15.0 Å². The van der Waals surface area contributed by atoms with Gasteiger partial charge in [0.25, 0.3) is 0 Å². The zero-order chi connectivity index (χ0) is 18.4. The summed E-state index contributed by atoms with van der Waals surface area (Å²) in [6, 6.07) is 0. The topological polar surface area (TPSA) is 122 Å². The molecule has 0 aliphatic heterocycles. The number of imidazole rings is 1. The fourth-order valence-electron chi connectivity index (χ4n) is 2.25. The number of thioether (sulfide) groups is 1. The fraction of sp³-hybridized carbons (Fsp3) is 0.533. The van der Waals surface area contributed by atoms with Crippen LogP contribution in [0.2, 0.25) is 0 Å². The number of esters is 2. The van der Waals surface area contributed by atoms with Gasteiger partial charge in [-0.15, -0.1) is 11.8 Å². The average molecular weight is 367 g/mol. The summed E-state index contributed by atoms with van der Waals surface area (Å²) in [6.07, 6.45) is 4.19. The molecule has 0 fully saturated rings. The molecular formula is C15H21N5O4S. The molecule has 0 atom stereocenters. The second-order valence-corrected chi connectivity index (χ2v) is 6.26. The van der Waals surface area contributed by atoms with E-state index in [0.29, 0.717) is 24.1 Å². The maximum Gasteiger partial charge on any atom is 0.302 e. The number of ether oxygens (including phenoxy) is 2. The van der Waals surface area contributed by atoms with E-state index in [1.165, 1.54) is 25.6 Å². The third kappa shape index (κ3) is 5.31. The Morgan fingerprint density at radius 2 is 1.88 bits per heavy atom. The average Bonchev–Trinajstić information content (AvgIpc) is 2.95. The maximum absolute atomic E-state index is 11.0. The van der Waals surface area contributed by atoms with Crippen LogP contribution in [0, 0.1) is 5.92 Å². The number of carbonyl (C=O) groups excluding carboxylic acids is 2. The molecule has 0 aliphatic rings. The van der Waals surface area contributed by atoms with Crippen LogP contribution < -0.4 is 5.73 Å². The predicted molar refractivity (Wildman–Crippen MR) is 92.9 cm³/mol. The Bertz CT molecular complexity index is 746. The van der Waals surface area contributed by atoms with Crippen LogP contribution in [-0.2, 0) is 25.6 Å². The largest absolute Gasteiger partial charge is 0.465 e. The summed E-state index contributed by atoms with van der Waals surface area (Å²) >= 11 is 1.45. The predicted octanol–water partition coefficient (Wildman–Crippen LogP) is 1.26. The molecule has 2 rings (SSSR count). The van der Waals surface area contributed by atoms with Crippen molar-refractivity contribution in [3.05, 3.63) is 6.33 Å². The van der Waals surface area contributed by atoms with E-state index in [9.17, 15) is 9.59 Å².